The monoisotopic (exact) mass is 469 g/mol. The van der Waals surface area contributed by atoms with Crippen molar-refractivity contribution in [2.75, 3.05) is 12.3 Å². The molecule has 1 aliphatic carbocycles. The summed E-state index contributed by atoms with van der Waals surface area (Å²) in [5, 5.41) is 9.10. The first-order valence-electron chi connectivity index (χ1n) is 10.9. The topological polar surface area (TPSA) is 81.8 Å². The van der Waals surface area contributed by atoms with Gasteiger partial charge in [-0.25, -0.2) is 9.67 Å². The Hall–Kier alpha value is -2.58. The van der Waals surface area contributed by atoms with E-state index >= 15 is 0 Å². The largest absolute Gasteiger partial charge is 0.356 e. The molecule has 0 saturated carbocycles. The zero-order chi connectivity index (χ0) is 22.1. The zero-order valence-corrected chi connectivity index (χ0v) is 19.2. The maximum absolute atomic E-state index is 13.2. The summed E-state index contributed by atoms with van der Waals surface area (Å²) in [5.41, 5.74) is 2.59. The van der Waals surface area contributed by atoms with E-state index in [9.17, 15) is 9.59 Å². The molecule has 1 N–H and O–H groups in total. The van der Waals surface area contributed by atoms with Crippen LogP contribution in [-0.4, -0.2) is 37.5 Å². The van der Waals surface area contributed by atoms with Gasteiger partial charge in [-0.1, -0.05) is 35.0 Å². The van der Waals surface area contributed by atoms with E-state index in [1.807, 2.05) is 12.1 Å². The maximum Gasteiger partial charge on any atom is 0.265 e. The summed E-state index contributed by atoms with van der Waals surface area (Å²) in [7, 11) is 0. The van der Waals surface area contributed by atoms with Crippen LogP contribution in [0.15, 0.2) is 52.1 Å². The summed E-state index contributed by atoms with van der Waals surface area (Å²) in [6.07, 6.45) is 9.84. The number of nitrogens with one attached hydrogen (secondary N) is 1. The number of aromatic nitrogens is 4. The molecule has 2 aromatic heterocycles. The van der Waals surface area contributed by atoms with E-state index in [1.54, 1.807) is 27.6 Å². The molecule has 9 heteroatoms. The van der Waals surface area contributed by atoms with Gasteiger partial charge in [0, 0.05) is 23.7 Å². The number of hydrogen-bond acceptors (Lipinski definition) is 5. The highest BCUT2D eigenvalue weighted by molar-refractivity contribution is 7.99. The van der Waals surface area contributed by atoms with Crippen LogP contribution in [0.4, 0.5) is 0 Å². The Labute approximate surface area is 194 Å². The molecule has 5 rings (SSSR count). The van der Waals surface area contributed by atoms with Gasteiger partial charge in [-0.15, -0.1) is 0 Å². The molecule has 0 radical (unpaired) electrons. The lowest BCUT2D eigenvalue weighted by atomic mass is 9.97. The van der Waals surface area contributed by atoms with E-state index < -0.39 is 0 Å². The Balaban J connectivity index is 1.32. The molecular weight excluding hydrogens is 446 g/mol. The summed E-state index contributed by atoms with van der Waals surface area (Å²) in [6, 6.07) is 7.03. The summed E-state index contributed by atoms with van der Waals surface area (Å²) in [4.78, 5) is 30.5. The normalized spacial score (nSPS) is 17.9. The molecule has 1 unspecified atom stereocenters. The molecule has 3 aromatic rings. The van der Waals surface area contributed by atoms with Crippen molar-refractivity contribution in [3.63, 3.8) is 0 Å². The molecule has 1 amide bonds. The van der Waals surface area contributed by atoms with Crippen molar-refractivity contribution < 1.29 is 4.79 Å². The third kappa shape index (κ3) is 4.21. The Morgan fingerprint density at radius 3 is 2.88 bits per heavy atom. The van der Waals surface area contributed by atoms with E-state index in [0.29, 0.717) is 33.5 Å². The quantitative estimate of drug-likeness (QED) is 0.430. The molecule has 7 nitrogen and oxygen atoms in total. The predicted molar refractivity (Wildman–Crippen MR) is 127 cm³/mol. The smallest absolute Gasteiger partial charge is 0.265 e. The van der Waals surface area contributed by atoms with Gasteiger partial charge in [-0.05, 0) is 56.4 Å². The Bertz CT molecular complexity index is 1250. The van der Waals surface area contributed by atoms with Gasteiger partial charge in [0.2, 0.25) is 5.91 Å². The number of nitrogens with zero attached hydrogens (tertiary/aromatic N) is 4. The third-order valence-electron chi connectivity index (χ3n) is 6.02. The van der Waals surface area contributed by atoms with Crippen molar-refractivity contribution in [1.29, 1.82) is 0 Å². The third-order valence-corrected chi connectivity index (χ3v) is 7.37. The maximum atomic E-state index is 13.2. The molecule has 32 heavy (non-hydrogen) atoms. The lowest BCUT2D eigenvalue weighted by molar-refractivity contribution is -0.121. The highest BCUT2D eigenvalue weighted by Crippen LogP contribution is 2.33. The number of hydrogen-bond donors (Lipinski definition) is 1. The van der Waals surface area contributed by atoms with Gasteiger partial charge in [-0.2, -0.15) is 5.10 Å². The molecular formula is C23H24ClN5O2S. The van der Waals surface area contributed by atoms with E-state index in [1.165, 1.54) is 30.2 Å². The zero-order valence-electron chi connectivity index (χ0n) is 17.6. The molecule has 0 bridgehead atoms. The fourth-order valence-corrected chi connectivity index (χ4v) is 5.59. The summed E-state index contributed by atoms with van der Waals surface area (Å²) in [6.45, 7) is 0.650. The van der Waals surface area contributed by atoms with Crippen LogP contribution in [0.5, 0.6) is 0 Å². The number of fused-ring (bicyclic) bond motifs is 2. The van der Waals surface area contributed by atoms with Crippen LogP contribution in [-0.2, 0) is 4.79 Å². The van der Waals surface area contributed by atoms with Crippen LogP contribution in [0.25, 0.3) is 16.7 Å². The van der Waals surface area contributed by atoms with Crippen LogP contribution < -0.4 is 10.9 Å². The van der Waals surface area contributed by atoms with Crippen LogP contribution in [0, 0.1) is 0 Å². The lowest BCUT2D eigenvalue weighted by Gasteiger charge is -2.15. The Morgan fingerprint density at radius 2 is 2.09 bits per heavy atom. The van der Waals surface area contributed by atoms with Crippen molar-refractivity contribution in [3.05, 3.63) is 57.5 Å². The van der Waals surface area contributed by atoms with Crippen molar-refractivity contribution in [2.24, 2.45) is 0 Å². The van der Waals surface area contributed by atoms with E-state index in [2.05, 4.69) is 16.5 Å². The number of benzene rings is 1. The van der Waals surface area contributed by atoms with E-state index in [0.717, 1.165) is 24.9 Å². The summed E-state index contributed by atoms with van der Waals surface area (Å²) >= 11 is 7.49. The minimum absolute atomic E-state index is 0.0243. The van der Waals surface area contributed by atoms with Gasteiger partial charge in [-0.3, -0.25) is 14.2 Å². The number of allylic oxidation sites excluding steroid dienone is 1. The first-order valence-corrected chi connectivity index (χ1v) is 12.3. The summed E-state index contributed by atoms with van der Waals surface area (Å²) in [5.74, 6) is 0.630. The highest BCUT2D eigenvalue weighted by Gasteiger charge is 2.29. The van der Waals surface area contributed by atoms with Crippen molar-refractivity contribution >= 4 is 40.3 Å². The Kier molecular flexibility index (Phi) is 6.06. The second-order valence-corrected chi connectivity index (χ2v) is 9.64. The second kappa shape index (κ2) is 9.11. The van der Waals surface area contributed by atoms with Gasteiger partial charge >= 0.3 is 0 Å². The number of rotatable bonds is 6. The van der Waals surface area contributed by atoms with Crippen LogP contribution in [0.3, 0.4) is 0 Å². The number of carbonyl (C=O) groups is 1. The fraction of sp³-hybridized carbons (Fsp3) is 0.391. The molecule has 0 saturated heterocycles. The van der Waals surface area contributed by atoms with Gasteiger partial charge in [0.1, 0.15) is 5.39 Å². The van der Waals surface area contributed by atoms with Crippen LogP contribution in [0.1, 0.15) is 44.6 Å². The van der Waals surface area contributed by atoms with Gasteiger partial charge in [0.15, 0.2) is 10.8 Å². The second-order valence-electron chi connectivity index (χ2n) is 8.22. The van der Waals surface area contributed by atoms with E-state index in [-0.39, 0.29) is 23.9 Å². The molecule has 2 aliphatic rings. The number of thioether (sulfide) groups is 1. The molecule has 1 atom stereocenters. The molecule has 3 heterocycles. The average Bonchev–Trinajstić information content (AvgIpc) is 3.40. The van der Waals surface area contributed by atoms with Crippen molar-refractivity contribution in [1.82, 2.24) is 24.6 Å². The van der Waals surface area contributed by atoms with Gasteiger partial charge in [0.05, 0.1) is 17.9 Å². The predicted octanol–water partition coefficient (Wildman–Crippen LogP) is 4.28. The minimum Gasteiger partial charge on any atom is -0.356 e. The summed E-state index contributed by atoms with van der Waals surface area (Å²) < 4.78 is 3.30. The van der Waals surface area contributed by atoms with Crippen molar-refractivity contribution in [2.45, 2.75) is 49.7 Å². The molecule has 1 aliphatic heterocycles. The first kappa shape index (κ1) is 21.3. The average molecular weight is 470 g/mol. The van der Waals surface area contributed by atoms with Crippen LogP contribution >= 0.6 is 23.4 Å². The minimum atomic E-state index is -0.202. The highest BCUT2D eigenvalue weighted by atomic mass is 35.5. The molecule has 0 spiro atoms. The lowest BCUT2D eigenvalue weighted by Crippen LogP contribution is -2.31. The van der Waals surface area contributed by atoms with Crippen LogP contribution in [0.2, 0.25) is 5.02 Å². The standard InChI is InChI=1S/C23H24ClN5O2S/c24-16-6-8-17(9-7-16)29-21-19(13-26-29)22(31)28-18(14-32-23(28)27-21)12-20(30)25-11-10-15-4-2-1-3-5-15/h4,6-9,13,18H,1-3,5,10-12,14H2,(H,25,30). The number of carbonyl (C=O) groups excluding carboxylic acids is 1. The molecule has 1 aromatic carbocycles. The molecule has 166 valence electrons. The number of amides is 1. The fourth-order valence-electron chi connectivity index (χ4n) is 4.33. The Morgan fingerprint density at radius 1 is 1.25 bits per heavy atom. The molecule has 0 fully saturated rings. The SMILES string of the molecule is O=C(CC1CSc2nc3c(cnn3-c3ccc(Cl)cc3)c(=O)n21)NCCC1=CCCCC1. The van der Waals surface area contributed by atoms with Gasteiger partial charge in [0.25, 0.3) is 5.56 Å². The van der Waals surface area contributed by atoms with Crippen molar-refractivity contribution in [3.8, 4) is 5.69 Å². The number of halogens is 1. The van der Waals surface area contributed by atoms with E-state index in [4.69, 9.17) is 16.6 Å². The first-order chi connectivity index (χ1) is 15.6. The van der Waals surface area contributed by atoms with Gasteiger partial charge < -0.3 is 5.32 Å².